The zero-order chi connectivity index (χ0) is 17.3. The molecular formula is C14H22N4O4S. The summed E-state index contributed by atoms with van der Waals surface area (Å²) in [4.78, 5) is 16.6. The summed E-state index contributed by atoms with van der Waals surface area (Å²) < 4.78 is 22.6. The molecule has 1 aromatic heterocycles. The van der Waals surface area contributed by atoms with Crippen molar-refractivity contribution in [3.63, 3.8) is 0 Å². The minimum atomic E-state index is -3.82. The second-order valence-corrected chi connectivity index (χ2v) is 7.70. The lowest BCUT2D eigenvalue weighted by atomic mass is 9.86. The van der Waals surface area contributed by atoms with Crippen LogP contribution in [0.4, 0.5) is 10.6 Å². The van der Waals surface area contributed by atoms with E-state index in [1.807, 2.05) is 13.8 Å². The number of nitrogens with two attached hydrogens (primary N) is 1. The van der Waals surface area contributed by atoms with Gasteiger partial charge < -0.3 is 15.3 Å². The van der Waals surface area contributed by atoms with E-state index in [1.165, 1.54) is 11.0 Å². The van der Waals surface area contributed by atoms with Gasteiger partial charge in [0.25, 0.3) is 10.0 Å². The van der Waals surface area contributed by atoms with Gasteiger partial charge in [0.2, 0.25) is 0 Å². The average Bonchev–Trinajstić information content (AvgIpc) is 2.73. The molecule has 1 atom stereocenters. The maximum absolute atomic E-state index is 11.3. The SMILES string of the molecule is CC1(C)C(CCNc2cccc(S(N)(=O)=O)n2)CCN1C(=O)O. The molecular weight excluding hydrogens is 320 g/mol. The van der Waals surface area contributed by atoms with Gasteiger partial charge in [0.15, 0.2) is 5.03 Å². The smallest absolute Gasteiger partial charge is 0.407 e. The third kappa shape index (κ3) is 3.91. The summed E-state index contributed by atoms with van der Waals surface area (Å²) in [5.74, 6) is 0.662. The molecule has 128 valence electrons. The topological polar surface area (TPSA) is 126 Å². The van der Waals surface area contributed by atoms with Crippen LogP contribution in [-0.2, 0) is 10.0 Å². The predicted molar refractivity (Wildman–Crippen MR) is 85.6 cm³/mol. The van der Waals surface area contributed by atoms with Crippen LogP contribution in [0.2, 0.25) is 0 Å². The third-order valence-corrected chi connectivity index (χ3v) is 5.25. The number of hydrogen-bond acceptors (Lipinski definition) is 5. The van der Waals surface area contributed by atoms with Crippen molar-refractivity contribution in [3.05, 3.63) is 18.2 Å². The first-order chi connectivity index (χ1) is 10.6. The molecule has 8 nitrogen and oxygen atoms in total. The molecule has 0 aliphatic carbocycles. The number of likely N-dealkylation sites (tertiary alicyclic amines) is 1. The van der Waals surface area contributed by atoms with Gasteiger partial charge in [-0.1, -0.05) is 6.07 Å². The van der Waals surface area contributed by atoms with Crippen molar-refractivity contribution in [2.24, 2.45) is 11.1 Å². The molecule has 2 rings (SSSR count). The fourth-order valence-electron chi connectivity index (χ4n) is 3.03. The monoisotopic (exact) mass is 342 g/mol. The van der Waals surface area contributed by atoms with Crippen LogP contribution in [0.3, 0.4) is 0 Å². The summed E-state index contributed by atoms with van der Waals surface area (Å²) in [6.45, 7) is 4.96. The van der Waals surface area contributed by atoms with Crippen LogP contribution in [0.15, 0.2) is 23.2 Å². The summed E-state index contributed by atoms with van der Waals surface area (Å²) in [5.41, 5.74) is -0.413. The molecule has 9 heteroatoms. The lowest BCUT2D eigenvalue weighted by Gasteiger charge is -2.34. The summed E-state index contributed by atoms with van der Waals surface area (Å²) in [7, 11) is -3.82. The van der Waals surface area contributed by atoms with Gasteiger partial charge in [0.05, 0.1) is 0 Å². The Hall–Kier alpha value is -1.87. The number of pyridine rings is 1. The molecule has 2 heterocycles. The highest BCUT2D eigenvalue weighted by Crippen LogP contribution is 2.36. The van der Waals surface area contributed by atoms with Crippen LogP contribution < -0.4 is 10.5 Å². The lowest BCUT2D eigenvalue weighted by molar-refractivity contribution is 0.102. The van der Waals surface area contributed by atoms with Crippen molar-refractivity contribution in [2.75, 3.05) is 18.4 Å². The largest absolute Gasteiger partial charge is 0.465 e. The number of nitrogens with one attached hydrogen (secondary N) is 1. The van der Waals surface area contributed by atoms with Crippen LogP contribution in [0, 0.1) is 5.92 Å². The Balaban J connectivity index is 1.95. The normalized spacial score (nSPS) is 20.5. The van der Waals surface area contributed by atoms with Crippen molar-refractivity contribution in [1.82, 2.24) is 9.88 Å². The summed E-state index contributed by atoms with van der Waals surface area (Å²) in [6.07, 6.45) is 0.678. The Morgan fingerprint density at radius 3 is 2.78 bits per heavy atom. The first-order valence-electron chi connectivity index (χ1n) is 7.36. The van der Waals surface area contributed by atoms with Gasteiger partial charge in [-0.2, -0.15) is 0 Å². The minimum absolute atomic E-state index is 0.180. The van der Waals surface area contributed by atoms with E-state index in [0.29, 0.717) is 18.9 Å². The Morgan fingerprint density at radius 1 is 1.52 bits per heavy atom. The van der Waals surface area contributed by atoms with Crippen LogP contribution >= 0.6 is 0 Å². The molecule has 0 aromatic carbocycles. The molecule has 23 heavy (non-hydrogen) atoms. The molecule has 1 amide bonds. The van der Waals surface area contributed by atoms with Gasteiger partial charge in [0, 0.05) is 18.6 Å². The number of anilines is 1. The van der Waals surface area contributed by atoms with Crippen molar-refractivity contribution >= 4 is 21.9 Å². The summed E-state index contributed by atoms with van der Waals surface area (Å²) in [6, 6.07) is 4.57. The second kappa shape index (κ2) is 6.32. The number of carbonyl (C=O) groups is 1. The van der Waals surface area contributed by atoms with Gasteiger partial charge in [-0.15, -0.1) is 0 Å². The van der Waals surface area contributed by atoms with Crippen molar-refractivity contribution < 1.29 is 18.3 Å². The van der Waals surface area contributed by atoms with E-state index in [4.69, 9.17) is 5.14 Å². The van der Waals surface area contributed by atoms with Gasteiger partial charge >= 0.3 is 6.09 Å². The van der Waals surface area contributed by atoms with E-state index in [2.05, 4.69) is 10.3 Å². The van der Waals surface area contributed by atoms with Crippen LogP contribution in [0.25, 0.3) is 0 Å². The standard InChI is InChI=1S/C14H22N4O4S/c1-14(2)10(7-9-18(14)13(19)20)6-8-16-11-4-3-5-12(17-11)23(15,21)22/h3-5,10H,6-9H2,1-2H3,(H,16,17)(H,19,20)(H2,15,21,22). The molecule has 0 bridgehead atoms. The minimum Gasteiger partial charge on any atom is -0.465 e. The first kappa shape index (κ1) is 17.5. The van der Waals surface area contributed by atoms with Crippen LogP contribution in [-0.4, -0.2) is 48.1 Å². The van der Waals surface area contributed by atoms with E-state index < -0.39 is 21.7 Å². The molecule has 0 radical (unpaired) electrons. The number of rotatable bonds is 5. The highest BCUT2D eigenvalue weighted by atomic mass is 32.2. The Morgan fingerprint density at radius 2 is 2.22 bits per heavy atom. The van der Waals surface area contributed by atoms with E-state index in [-0.39, 0.29) is 10.9 Å². The fourth-order valence-corrected chi connectivity index (χ4v) is 3.53. The molecule has 1 aromatic rings. The highest BCUT2D eigenvalue weighted by molar-refractivity contribution is 7.89. The van der Waals surface area contributed by atoms with Gasteiger partial charge in [-0.05, 0) is 44.7 Å². The van der Waals surface area contributed by atoms with Crippen molar-refractivity contribution in [1.29, 1.82) is 0 Å². The average molecular weight is 342 g/mol. The summed E-state index contributed by atoms with van der Waals surface area (Å²) in [5, 5.41) is 17.2. The van der Waals surface area contributed by atoms with E-state index >= 15 is 0 Å². The van der Waals surface area contributed by atoms with E-state index in [1.54, 1.807) is 12.1 Å². The third-order valence-electron chi connectivity index (χ3n) is 4.44. The summed E-state index contributed by atoms with van der Waals surface area (Å²) >= 11 is 0. The maximum Gasteiger partial charge on any atom is 0.407 e. The van der Waals surface area contributed by atoms with Crippen LogP contribution in [0.5, 0.6) is 0 Å². The molecule has 1 fully saturated rings. The fraction of sp³-hybridized carbons (Fsp3) is 0.571. The molecule has 1 unspecified atom stereocenters. The highest BCUT2D eigenvalue weighted by Gasteiger charge is 2.43. The van der Waals surface area contributed by atoms with E-state index in [9.17, 15) is 18.3 Å². The molecule has 0 spiro atoms. The van der Waals surface area contributed by atoms with E-state index in [0.717, 1.165) is 12.8 Å². The van der Waals surface area contributed by atoms with Crippen molar-refractivity contribution in [2.45, 2.75) is 37.3 Å². The zero-order valence-corrected chi connectivity index (χ0v) is 14.0. The molecule has 1 aliphatic heterocycles. The Bertz CT molecular complexity index is 690. The number of amides is 1. The first-order valence-corrected chi connectivity index (χ1v) is 8.91. The number of primary sulfonamides is 1. The number of carboxylic acid groups (broad SMARTS) is 1. The second-order valence-electron chi connectivity index (χ2n) is 6.20. The Kier molecular flexibility index (Phi) is 4.81. The van der Waals surface area contributed by atoms with Crippen LogP contribution in [0.1, 0.15) is 26.7 Å². The zero-order valence-electron chi connectivity index (χ0n) is 13.2. The molecule has 1 aliphatic rings. The van der Waals surface area contributed by atoms with Gasteiger partial charge in [0.1, 0.15) is 5.82 Å². The maximum atomic E-state index is 11.3. The number of sulfonamides is 1. The molecule has 1 saturated heterocycles. The van der Waals surface area contributed by atoms with Gasteiger partial charge in [-0.25, -0.2) is 23.3 Å². The Labute approximate surface area is 135 Å². The number of hydrogen-bond donors (Lipinski definition) is 3. The van der Waals surface area contributed by atoms with Crippen molar-refractivity contribution in [3.8, 4) is 0 Å². The molecule has 4 N–H and O–H groups in total. The number of nitrogens with zero attached hydrogens (tertiary/aromatic N) is 2. The molecule has 0 saturated carbocycles. The number of aromatic nitrogens is 1. The lowest BCUT2D eigenvalue weighted by Crippen LogP contribution is -2.45. The van der Waals surface area contributed by atoms with Gasteiger partial charge in [-0.3, -0.25) is 0 Å². The quantitative estimate of drug-likeness (QED) is 0.741. The predicted octanol–water partition coefficient (Wildman–Crippen LogP) is 1.31.